The summed E-state index contributed by atoms with van der Waals surface area (Å²) in [5.74, 6) is 0.164. The van der Waals surface area contributed by atoms with Crippen molar-refractivity contribution >= 4 is 46.2 Å². The number of H-pyrrole nitrogens is 1. The minimum absolute atomic E-state index is 0.0158. The number of benzene rings is 1. The van der Waals surface area contributed by atoms with E-state index in [2.05, 4.69) is 39.2 Å². The molecule has 1 aliphatic heterocycles. The second kappa shape index (κ2) is 9.03. The maximum absolute atomic E-state index is 12.9. The van der Waals surface area contributed by atoms with Crippen LogP contribution < -0.4 is 10.2 Å². The third-order valence-electron chi connectivity index (χ3n) is 6.16. The molecule has 0 spiro atoms. The van der Waals surface area contributed by atoms with E-state index in [9.17, 15) is 9.59 Å². The van der Waals surface area contributed by atoms with Gasteiger partial charge in [0.15, 0.2) is 9.90 Å². The Labute approximate surface area is 200 Å². The molecule has 2 amide bonds. The minimum atomic E-state index is -0.401. The van der Waals surface area contributed by atoms with Crippen LogP contribution in [0.2, 0.25) is 0 Å². The van der Waals surface area contributed by atoms with Crippen LogP contribution in [-0.4, -0.2) is 38.1 Å². The van der Waals surface area contributed by atoms with Crippen molar-refractivity contribution in [3.63, 3.8) is 0 Å². The number of anilines is 2. The van der Waals surface area contributed by atoms with E-state index < -0.39 is 5.92 Å². The molecule has 1 aliphatic carbocycles. The van der Waals surface area contributed by atoms with Crippen molar-refractivity contribution in [1.82, 2.24) is 19.7 Å². The van der Waals surface area contributed by atoms with Gasteiger partial charge in [-0.15, -0.1) is 17.9 Å². The molecule has 1 fully saturated rings. The molecular formula is C23H24N6O2S2. The summed E-state index contributed by atoms with van der Waals surface area (Å²) < 4.78 is 2.39. The molecule has 1 saturated heterocycles. The van der Waals surface area contributed by atoms with Gasteiger partial charge >= 0.3 is 0 Å². The Bertz CT molecular complexity index is 1290. The number of hydrogen-bond donors (Lipinski definition) is 2. The number of nitrogens with zero attached hydrogens (tertiary/aromatic N) is 4. The molecule has 33 heavy (non-hydrogen) atoms. The maximum Gasteiger partial charge on any atom is 0.231 e. The van der Waals surface area contributed by atoms with Crippen LogP contribution in [0, 0.1) is 10.7 Å². The molecule has 2 aliphatic rings. The van der Waals surface area contributed by atoms with Crippen LogP contribution in [0.3, 0.4) is 0 Å². The lowest BCUT2D eigenvalue weighted by molar-refractivity contribution is -0.122. The fourth-order valence-corrected chi connectivity index (χ4v) is 5.42. The second-order valence-electron chi connectivity index (χ2n) is 8.37. The van der Waals surface area contributed by atoms with Gasteiger partial charge in [0.2, 0.25) is 11.8 Å². The fraction of sp³-hybridized carbons (Fsp3) is 0.348. The first-order chi connectivity index (χ1) is 16.0. The smallest absolute Gasteiger partial charge is 0.231 e. The average molecular weight is 481 g/mol. The SMILES string of the molecule is C=CCn1c(Cc2csc(NC(=O)[C@H]3CC(=O)N(c4ccc5c(c4)CCC5)C3)n2)n[nH]c1=S. The Morgan fingerprint density at radius 1 is 1.36 bits per heavy atom. The topological polar surface area (TPSA) is 95.9 Å². The van der Waals surface area contributed by atoms with Crippen molar-refractivity contribution < 1.29 is 9.59 Å². The maximum atomic E-state index is 12.9. The number of fused-ring (bicyclic) bond motifs is 1. The van der Waals surface area contributed by atoms with Gasteiger partial charge in [0.25, 0.3) is 0 Å². The van der Waals surface area contributed by atoms with Crippen LogP contribution in [0.1, 0.15) is 35.5 Å². The molecule has 5 rings (SSSR count). The molecule has 1 aromatic carbocycles. The van der Waals surface area contributed by atoms with Crippen molar-refractivity contribution in [2.45, 2.75) is 38.6 Å². The summed E-state index contributed by atoms with van der Waals surface area (Å²) in [7, 11) is 0. The summed E-state index contributed by atoms with van der Waals surface area (Å²) in [6, 6.07) is 6.22. The lowest BCUT2D eigenvalue weighted by atomic mass is 10.1. The van der Waals surface area contributed by atoms with Crippen molar-refractivity contribution in [2.75, 3.05) is 16.8 Å². The number of carbonyl (C=O) groups is 2. The normalized spacial score (nSPS) is 17.4. The van der Waals surface area contributed by atoms with E-state index in [1.54, 1.807) is 11.0 Å². The second-order valence-corrected chi connectivity index (χ2v) is 9.61. The Hall–Kier alpha value is -3.11. The van der Waals surface area contributed by atoms with Gasteiger partial charge in [-0.3, -0.25) is 19.3 Å². The highest BCUT2D eigenvalue weighted by molar-refractivity contribution is 7.71. The highest BCUT2D eigenvalue weighted by Crippen LogP contribution is 2.31. The van der Waals surface area contributed by atoms with E-state index >= 15 is 0 Å². The molecule has 2 N–H and O–H groups in total. The molecule has 170 valence electrons. The molecular weight excluding hydrogens is 456 g/mol. The molecule has 8 nitrogen and oxygen atoms in total. The quantitative estimate of drug-likeness (QED) is 0.398. The molecule has 0 unspecified atom stereocenters. The van der Waals surface area contributed by atoms with Crippen LogP contribution >= 0.6 is 23.6 Å². The van der Waals surface area contributed by atoms with E-state index in [4.69, 9.17) is 12.2 Å². The average Bonchev–Trinajstić information content (AvgIpc) is 3.58. The molecule has 0 bridgehead atoms. The lowest BCUT2D eigenvalue weighted by Crippen LogP contribution is -2.28. The largest absolute Gasteiger partial charge is 0.312 e. The van der Waals surface area contributed by atoms with Crippen molar-refractivity contribution in [3.05, 3.63) is 63.7 Å². The predicted octanol–water partition coefficient (Wildman–Crippen LogP) is 3.65. The number of hydrogen-bond acceptors (Lipinski definition) is 6. The highest BCUT2D eigenvalue weighted by Gasteiger charge is 2.35. The number of carbonyl (C=O) groups excluding carboxylic acids is 2. The molecule has 3 heterocycles. The van der Waals surface area contributed by atoms with Crippen molar-refractivity contribution in [1.29, 1.82) is 0 Å². The number of rotatable bonds is 7. The van der Waals surface area contributed by atoms with Gasteiger partial charge in [0, 0.05) is 30.6 Å². The summed E-state index contributed by atoms with van der Waals surface area (Å²) >= 11 is 6.60. The number of allylic oxidation sites excluding steroid dienone is 1. The van der Waals surface area contributed by atoms with E-state index in [1.165, 1.54) is 22.5 Å². The summed E-state index contributed by atoms with van der Waals surface area (Å²) in [5.41, 5.74) is 4.36. The Morgan fingerprint density at radius 2 is 2.21 bits per heavy atom. The first kappa shape index (κ1) is 21.7. The number of aromatic amines is 1. The summed E-state index contributed by atoms with van der Waals surface area (Å²) in [4.78, 5) is 31.8. The third kappa shape index (κ3) is 4.40. The van der Waals surface area contributed by atoms with Gasteiger partial charge in [-0.1, -0.05) is 12.1 Å². The van der Waals surface area contributed by atoms with Crippen LogP contribution in [-0.2, 0) is 35.4 Å². The minimum Gasteiger partial charge on any atom is -0.312 e. The summed E-state index contributed by atoms with van der Waals surface area (Å²) in [5, 5.41) is 12.3. The first-order valence-corrected chi connectivity index (χ1v) is 12.2. The van der Waals surface area contributed by atoms with Crippen LogP contribution in [0.25, 0.3) is 0 Å². The zero-order valence-corrected chi connectivity index (χ0v) is 19.7. The highest BCUT2D eigenvalue weighted by atomic mass is 32.1. The van der Waals surface area contributed by atoms with Gasteiger partial charge in [0.05, 0.1) is 18.0 Å². The molecule has 0 saturated carbocycles. The molecule has 10 heteroatoms. The fourth-order valence-electron chi connectivity index (χ4n) is 4.48. The molecule has 3 aromatic rings. The van der Waals surface area contributed by atoms with Crippen LogP contribution in [0.4, 0.5) is 10.8 Å². The van der Waals surface area contributed by atoms with Crippen LogP contribution in [0.5, 0.6) is 0 Å². The van der Waals surface area contributed by atoms with Gasteiger partial charge in [-0.05, 0) is 54.7 Å². The zero-order valence-electron chi connectivity index (χ0n) is 18.0. The number of aromatic nitrogens is 4. The molecule has 2 aromatic heterocycles. The van der Waals surface area contributed by atoms with Gasteiger partial charge in [-0.25, -0.2) is 4.98 Å². The Balaban J connectivity index is 1.23. The number of aryl methyl sites for hydroxylation is 2. The van der Waals surface area contributed by atoms with Crippen LogP contribution in [0.15, 0.2) is 36.2 Å². The van der Waals surface area contributed by atoms with Gasteiger partial charge in [0.1, 0.15) is 5.82 Å². The number of amides is 2. The van der Waals surface area contributed by atoms with Crippen molar-refractivity contribution in [2.24, 2.45) is 5.92 Å². The zero-order chi connectivity index (χ0) is 22.9. The molecule has 1 atom stereocenters. The summed E-state index contributed by atoms with van der Waals surface area (Å²) in [6.45, 7) is 4.70. The van der Waals surface area contributed by atoms with Gasteiger partial charge < -0.3 is 10.2 Å². The Kier molecular flexibility index (Phi) is 5.94. The van der Waals surface area contributed by atoms with E-state index in [-0.39, 0.29) is 18.2 Å². The number of nitrogens with one attached hydrogen (secondary N) is 2. The lowest BCUT2D eigenvalue weighted by Gasteiger charge is -2.17. The predicted molar refractivity (Wildman–Crippen MR) is 130 cm³/mol. The molecule has 0 radical (unpaired) electrons. The van der Waals surface area contributed by atoms with E-state index in [0.717, 1.165) is 36.5 Å². The number of thiazole rings is 1. The van der Waals surface area contributed by atoms with Crippen molar-refractivity contribution in [3.8, 4) is 0 Å². The van der Waals surface area contributed by atoms with Gasteiger partial charge in [-0.2, -0.15) is 5.10 Å². The summed E-state index contributed by atoms with van der Waals surface area (Å²) in [6.07, 6.45) is 5.78. The standard InChI is InChI=1S/C23H24N6O2S2/c1-2-8-28-19(26-27-23(28)32)11-17-13-33-22(24-17)25-21(31)16-10-20(30)29(12-16)18-7-6-14-4-3-5-15(14)9-18/h2,6-7,9,13,16H,1,3-5,8,10-12H2,(H,27,32)(H,24,25,31)/t16-/m0/s1. The van der Waals surface area contributed by atoms with E-state index in [0.29, 0.717) is 29.4 Å². The first-order valence-electron chi connectivity index (χ1n) is 10.9. The third-order valence-corrected chi connectivity index (χ3v) is 7.28. The Morgan fingerprint density at radius 3 is 3.06 bits per heavy atom. The monoisotopic (exact) mass is 480 g/mol. The van der Waals surface area contributed by atoms with E-state index in [1.807, 2.05) is 16.0 Å².